The summed E-state index contributed by atoms with van der Waals surface area (Å²) in [7, 11) is 0. The summed E-state index contributed by atoms with van der Waals surface area (Å²) in [5.74, 6) is 0. The van der Waals surface area contributed by atoms with E-state index in [1.54, 1.807) is 0 Å². The molecule has 0 saturated carbocycles. The van der Waals surface area contributed by atoms with E-state index < -0.39 is 0 Å². The third-order valence-corrected chi connectivity index (χ3v) is 12.6. The van der Waals surface area contributed by atoms with Crippen molar-refractivity contribution < 1.29 is 0 Å². The van der Waals surface area contributed by atoms with Crippen molar-refractivity contribution in [3.8, 4) is 22.3 Å². The molecule has 11 rings (SSSR count). The molecule has 0 heterocycles. The van der Waals surface area contributed by atoms with E-state index in [0.29, 0.717) is 0 Å². The normalized spacial score (nSPS) is 13.3. The first-order valence-corrected chi connectivity index (χ1v) is 20.8. The number of anilines is 6. The third kappa shape index (κ3) is 5.86. The summed E-state index contributed by atoms with van der Waals surface area (Å²) in [6.45, 7) is 4.89. The van der Waals surface area contributed by atoms with E-state index in [1.165, 1.54) is 77.1 Å². The highest BCUT2D eigenvalue weighted by Crippen LogP contribution is 2.54. The van der Waals surface area contributed by atoms with Crippen molar-refractivity contribution in [2.75, 3.05) is 9.80 Å². The van der Waals surface area contributed by atoms with Crippen molar-refractivity contribution >= 4 is 66.4 Å². The first kappa shape index (κ1) is 35.0. The molecule has 10 aromatic carbocycles. The van der Waals surface area contributed by atoms with E-state index in [4.69, 9.17) is 0 Å². The zero-order chi connectivity index (χ0) is 39.5. The molecule has 0 amide bonds. The fraction of sp³-hybridized carbons (Fsp3) is 0.0877. The van der Waals surface area contributed by atoms with Crippen LogP contribution in [-0.2, 0) is 11.8 Å². The molecule has 282 valence electrons. The van der Waals surface area contributed by atoms with Gasteiger partial charge in [0.15, 0.2) is 0 Å². The second kappa shape index (κ2) is 14.0. The maximum atomic E-state index is 2.56. The number of rotatable bonds is 8. The SMILES string of the molecule is CC1(C)CCc2cc(N(c3ccccc3)c3ccccc3)c3ccc4c(-c5ccc(-c6ccccc6)cc5)cc(N(c5ccccc5)c5ccccc5)c5cc1c2c3c45. The van der Waals surface area contributed by atoms with E-state index in [1.807, 2.05) is 0 Å². The Balaban J connectivity index is 1.29. The van der Waals surface area contributed by atoms with E-state index in [0.717, 1.165) is 35.6 Å². The van der Waals surface area contributed by atoms with Crippen molar-refractivity contribution in [2.24, 2.45) is 0 Å². The van der Waals surface area contributed by atoms with Crippen LogP contribution in [0.4, 0.5) is 34.1 Å². The summed E-state index contributed by atoms with van der Waals surface area (Å²) in [4.78, 5) is 4.94. The van der Waals surface area contributed by atoms with Gasteiger partial charge in [-0.2, -0.15) is 0 Å². The van der Waals surface area contributed by atoms with Crippen molar-refractivity contribution in [1.82, 2.24) is 0 Å². The molecule has 0 aliphatic heterocycles. The first-order valence-electron chi connectivity index (χ1n) is 20.8. The molecular formula is C57H44N2. The molecule has 1 aliphatic rings. The Morgan fingerprint density at radius 3 is 1.34 bits per heavy atom. The number of nitrogens with zero attached hydrogens (tertiary/aromatic N) is 2. The zero-order valence-electron chi connectivity index (χ0n) is 33.4. The fourth-order valence-electron chi connectivity index (χ4n) is 9.70. The van der Waals surface area contributed by atoms with Crippen LogP contribution in [0, 0.1) is 0 Å². The van der Waals surface area contributed by atoms with Gasteiger partial charge in [0.25, 0.3) is 0 Å². The van der Waals surface area contributed by atoms with E-state index in [9.17, 15) is 0 Å². The Kier molecular flexibility index (Phi) is 8.34. The molecule has 0 bridgehead atoms. The van der Waals surface area contributed by atoms with Gasteiger partial charge in [-0.15, -0.1) is 0 Å². The van der Waals surface area contributed by atoms with Crippen LogP contribution in [0.25, 0.3) is 54.6 Å². The minimum Gasteiger partial charge on any atom is -0.310 e. The Morgan fingerprint density at radius 1 is 0.373 bits per heavy atom. The van der Waals surface area contributed by atoms with Gasteiger partial charge in [-0.05, 0) is 129 Å². The summed E-state index contributed by atoms with van der Waals surface area (Å²) < 4.78 is 0. The largest absolute Gasteiger partial charge is 0.310 e. The van der Waals surface area contributed by atoms with Gasteiger partial charge in [0.2, 0.25) is 0 Å². The molecule has 1 aliphatic carbocycles. The number of para-hydroxylation sites is 4. The molecule has 0 radical (unpaired) electrons. The van der Waals surface area contributed by atoms with Crippen LogP contribution >= 0.6 is 0 Å². The summed E-state index contributed by atoms with van der Waals surface area (Å²) in [6.07, 6.45) is 2.11. The van der Waals surface area contributed by atoms with Crippen LogP contribution in [0.5, 0.6) is 0 Å². The maximum Gasteiger partial charge on any atom is 0.0546 e. The maximum absolute atomic E-state index is 2.56. The van der Waals surface area contributed by atoms with Gasteiger partial charge >= 0.3 is 0 Å². The average molecular weight is 757 g/mol. The minimum atomic E-state index is -0.00656. The van der Waals surface area contributed by atoms with Gasteiger partial charge in [0.05, 0.1) is 11.4 Å². The van der Waals surface area contributed by atoms with Gasteiger partial charge in [-0.3, -0.25) is 0 Å². The molecule has 0 atom stereocenters. The topological polar surface area (TPSA) is 6.48 Å². The highest BCUT2D eigenvalue weighted by Gasteiger charge is 2.33. The second-order valence-electron chi connectivity index (χ2n) is 16.6. The van der Waals surface area contributed by atoms with Crippen LogP contribution in [-0.4, -0.2) is 0 Å². The highest BCUT2D eigenvalue weighted by molar-refractivity contribution is 6.32. The van der Waals surface area contributed by atoms with Gasteiger partial charge in [-0.25, -0.2) is 0 Å². The lowest BCUT2D eigenvalue weighted by Gasteiger charge is -2.37. The molecule has 0 N–H and O–H groups in total. The van der Waals surface area contributed by atoms with Gasteiger partial charge in [0, 0.05) is 44.3 Å². The standard InChI is InChI=1S/C57H44N2/c1-57(2)35-34-42-36-52(58(43-20-10-4-11-21-43)44-22-12-5-13-23-44)48-33-32-47-49(41-30-28-40(29-31-41)39-18-8-3-9-19-39)38-53(50-37-51(57)54(42)56(48)55(47)50)59(45-24-14-6-15-25-45)46-26-16-7-17-27-46/h3-33,36-38H,34-35H2,1-2H3. The van der Waals surface area contributed by atoms with E-state index >= 15 is 0 Å². The van der Waals surface area contributed by atoms with Crippen LogP contribution in [0.15, 0.2) is 206 Å². The van der Waals surface area contributed by atoms with E-state index in [-0.39, 0.29) is 5.41 Å². The molecule has 2 nitrogen and oxygen atoms in total. The van der Waals surface area contributed by atoms with Crippen LogP contribution in [0.1, 0.15) is 31.4 Å². The van der Waals surface area contributed by atoms with Crippen molar-refractivity contribution in [3.05, 3.63) is 217 Å². The summed E-state index contributed by atoms with van der Waals surface area (Å²) in [6, 6.07) is 75.7. The molecule has 0 fully saturated rings. The molecule has 2 heteroatoms. The lowest BCUT2D eigenvalue weighted by molar-refractivity contribution is 0.475. The zero-order valence-corrected chi connectivity index (χ0v) is 33.4. The fourth-order valence-corrected chi connectivity index (χ4v) is 9.70. The molecular weight excluding hydrogens is 713 g/mol. The average Bonchev–Trinajstić information content (AvgIpc) is 3.30. The van der Waals surface area contributed by atoms with Crippen LogP contribution in [0.3, 0.4) is 0 Å². The molecule has 0 aromatic heterocycles. The Morgan fingerprint density at radius 2 is 0.814 bits per heavy atom. The predicted molar refractivity (Wildman–Crippen MR) is 252 cm³/mol. The lowest BCUT2D eigenvalue weighted by Crippen LogP contribution is -2.24. The molecule has 0 saturated heterocycles. The quantitative estimate of drug-likeness (QED) is 0.142. The summed E-state index contributed by atoms with van der Waals surface area (Å²) in [5.41, 5.74) is 14.7. The van der Waals surface area contributed by atoms with Gasteiger partial charge < -0.3 is 9.80 Å². The van der Waals surface area contributed by atoms with Gasteiger partial charge in [0.1, 0.15) is 0 Å². The highest BCUT2D eigenvalue weighted by atomic mass is 15.1. The molecule has 0 unspecified atom stereocenters. The number of benzene rings is 10. The third-order valence-electron chi connectivity index (χ3n) is 12.6. The minimum absolute atomic E-state index is 0.00656. The number of hydrogen-bond donors (Lipinski definition) is 0. The number of aryl methyl sites for hydroxylation is 1. The van der Waals surface area contributed by atoms with Crippen molar-refractivity contribution in [2.45, 2.75) is 32.1 Å². The smallest absolute Gasteiger partial charge is 0.0546 e. The lowest BCUT2D eigenvalue weighted by atomic mass is 9.70. The van der Waals surface area contributed by atoms with Crippen LogP contribution < -0.4 is 9.80 Å². The predicted octanol–water partition coefficient (Wildman–Crippen LogP) is 16.1. The van der Waals surface area contributed by atoms with E-state index in [2.05, 4.69) is 230 Å². The van der Waals surface area contributed by atoms with Gasteiger partial charge in [-0.1, -0.05) is 153 Å². The second-order valence-corrected chi connectivity index (χ2v) is 16.6. The van der Waals surface area contributed by atoms with Crippen LogP contribution in [0.2, 0.25) is 0 Å². The molecule has 10 aromatic rings. The molecule has 0 spiro atoms. The van der Waals surface area contributed by atoms with Crippen molar-refractivity contribution in [3.63, 3.8) is 0 Å². The summed E-state index contributed by atoms with van der Waals surface area (Å²) in [5, 5.41) is 7.91. The first-order chi connectivity index (χ1) is 29.0. The monoisotopic (exact) mass is 756 g/mol. The Labute approximate surface area is 346 Å². The molecule has 59 heavy (non-hydrogen) atoms. The summed E-state index contributed by atoms with van der Waals surface area (Å²) >= 11 is 0. The number of hydrogen-bond acceptors (Lipinski definition) is 2. The Bertz CT molecular complexity index is 3010. The van der Waals surface area contributed by atoms with Crippen molar-refractivity contribution in [1.29, 1.82) is 0 Å². The Hall–Kier alpha value is -7.16.